The van der Waals surface area contributed by atoms with Crippen LogP contribution in [0, 0.1) is 5.41 Å². The second-order valence-electron chi connectivity index (χ2n) is 9.14. The number of carboxylic acid groups (broad SMARTS) is 1. The minimum absolute atomic E-state index is 0.337. The van der Waals surface area contributed by atoms with Crippen molar-refractivity contribution in [2.24, 2.45) is 5.41 Å². The summed E-state index contributed by atoms with van der Waals surface area (Å²) in [4.78, 5) is 27.1. The van der Waals surface area contributed by atoms with E-state index in [2.05, 4.69) is 10.4 Å². The lowest BCUT2D eigenvalue weighted by Gasteiger charge is -2.45. The number of rotatable bonds is 4. The molecule has 2 aromatic carbocycles. The van der Waals surface area contributed by atoms with E-state index in [9.17, 15) is 14.7 Å². The van der Waals surface area contributed by atoms with Crippen LogP contribution in [0.2, 0.25) is 0 Å². The van der Waals surface area contributed by atoms with E-state index < -0.39 is 17.0 Å². The van der Waals surface area contributed by atoms with Crippen LogP contribution in [0.5, 0.6) is 0 Å². The van der Waals surface area contributed by atoms with Gasteiger partial charge in [-0.15, -0.1) is 5.10 Å². The number of nitrogens with zero attached hydrogens (tertiary/aromatic N) is 3. The van der Waals surface area contributed by atoms with Crippen LogP contribution in [-0.4, -0.2) is 43.9 Å². The van der Waals surface area contributed by atoms with E-state index in [0.717, 1.165) is 16.8 Å². The summed E-state index contributed by atoms with van der Waals surface area (Å²) in [5, 5.41) is 17.5. The standard InChI is InChI=1S/C25H28N4O3/c1-24(2,3)25(15-10-16-28(25)23(31)32)22(30)26-21-20(18-11-6-4-7-12-18)17-29(27-21)19-13-8-5-9-14-19/h4-9,11-14,17H,10,15-16H2,1-3H3,(H,31,32)(H,26,27,30)/t25-/m0/s1. The maximum absolute atomic E-state index is 13.8. The highest BCUT2D eigenvalue weighted by atomic mass is 16.4. The quantitative estimate of drug-likeness (QED) is 0.605. The van der Waals surface area contributed by atoms with Gasteiger partial charge in [0.25, 0.3) is 5.91 Å². The number of amides is 2. The van der Waals surface area contributed by atoms with Gasteiger partial charge in [0.1, 0.15) is 5.54 Å². The van der Waals surface area contributed by atoms with Gasteiger partial charge in [-0.1, -0.05) is 69.3 Å². The number of carbonyl (C=O) groups is 2. The molecule has 1 saturated heterocycles. The topological polar surface area (TPSA) is 87.5 Å². The van der Waals surface area contributed by atoms with Crippen molar-refractivity contribution < 1.29 is 14.7 Å². The molecular weight excluding hydrogens is 404 g/mol. The largest absolute Gasteiger partial charge is 0.465 e. The van der Waals surface area contributed by atoms with Crippen LogP contribution in [-0.2, 0) is 4.79 Å². The minimum Gasteiger partial charge on any atom is -0.465 e. The molecule has 1 aromatic heterocycles. The molecule has 0 aliphatic carbocycles. The van der Waals surface area contributed by atoms with Gasteiger partial charge in [-0.2, -0.15) is 0 Å². The zero-order chi connectivity index (χ0) is 22.9. The van der Waals surface area contributed by atoms with Crippen molar-refractivity contribution in [3.63, 3.8) is 0 Å². The fraction of sp³-hybridized carbons (Fsp3) is 0.320. The molecule has 0 bridgehead atoms. The van der Waals surface area contributed by atoms with E-state index in [1.165, 1.54) is 4.90 Å². The Hall–Kier alpha value is -3.61. The molecule has 1 atom stereocenters. The second-order valence-corrected chi connectivity index (χ2v) is 9.14. The number of para-hydroxylation sites is 1. The summed E-state index contributed by atoms with van der Waals surface area (Å²) in [5.41, 5.74) is 0.774. The van der Waals surface area contributed by atoms with Crippen molar-refractivity contribution in [2.75, 3.05) is 11.9 Å². The first kappa shape index (κ1) is 21.6. The van der Waals surface area contributed by atoms with Crippen LogP contribution in [0.3, 0.4) is 0 Å². The van der Waals surface area contributed by atoms with Crippen molar-refractivity contribution >= 4 is 17.8 Å². The van der Waals surface area contributed by atoms with E-state index in [1.807, 2.05) is 87.6 Å². The fourth-order valence-corrected chi connectivity index (χ4v) is 4.65. The lowest BCUT2D eigenvalue weighted by Crippen LogP contribution is -2.62. The summed E-state index contributed by atoms with van der Waals surface area (Å²) in [6, 6.07) is 19.4. The first-order valence-electron chi connectivity index (χ1n) is 10.8. The summed E-state index contributed by atoms with van der Waals surface area (Å²) in [6.45, 7) is 6.07. The van der Waals surface area contributed by atoms with Gasteiger partial charge in [0.05, 0.1) is 5.69 Å². The van der Waals surface area contributed by atoms with Crippen molar-refractivity contribution in [3.8, 4) is 16.8 Å². The summed E-state index contributed by atoms with van der Waals surface area (Å²) < 4.78 is 1.73. The van der Waals surface area contributed by atoms with Crippen LogP contribution in [0.4, 0.5) is 10.6 Å². The van der Waals surface area contributed by atoms with Gasteiger partial charge in [-0.05, 0) is 36.0 Å². The van der Waals surface area contributed by atoms with E-state index >= 15 is 0 Å². The molecule has 2 N–H and O–H groups in total. The van der Waals surface area contributed by atoms with Gasteiger partial charge in [0.2, 0.25) is 0 Å². The van der Waals surface area contributed by atoms with Gasteiger partial charge in [0.15, 0.2) is 5.82 Å². The number of anilines is 1. The predicted octanol–water partition coefficient (Wildman–Crippen LogP) is 5.04. The molecule has 3 aromatic rings. The van der Waals surface area contributed by atoms with Gasteiger partial charge >= 0.3 is 6.09 Å². The van der Waals surface area contributed by atoms with Crippen LogP contribution >= 0.6 is 0 Å². The first-order valence-corrected chi connectivity index (χ1v) is 10.8. The molecule has 4 rings (SSSR count). The lowest BCUT2D eigenvalue weighted by molar-refractivity contribution is -0.131. The van der Waals surface area contributed by atoms with Gasteiger partial charge in [-0.3, -0.25) is 9.69 Å². The fourth-order valence-electron chi connectivity index (χ4n) is 4.65. The Balaban J connectivity index is 1.78. The maximum atomic E-state index is 13.8. The number of nitrogens with one attached hydrogen (secondary N) is 1. The summed E-state index contributed by atoms with van der Waals surface area (Å²) >= 11 is 0. The summed E-state index contributed by atoms with van der Waals surface area (Å²) in [5.74, 6) is 0.0614. The van der Waals surface area contributed by atoms with Gasteiger partial charge < -0.3 is 10.4 Å². The van der Waals surface area contributed by atoms with Crippen LogP contribution in [0.25, 0.3) is 16.8 Å². The van der Waals surface area contributed by atoms with E-state index in [0.29, 0.717) is 25.2 Å². The van der Waals surface area contributed by atoms with Crippen molar-refractivity contribution in [1.82, 2.24) is 14.7 Å². The molecule has 7 heteroatoms. The van der Waals surface area contributed by atoms with Crippen molar-refractivity contribution in [2.45, 2.75) is 39.2 Å². The third kappa shape index (κ3) is 3.64. The predicted molar refractivity (Wildman–Crippen MR) is 124 cm³/mol. The number of likely N-dealkylation sites (tertiary alicyclic amines) is 1. The van der Waals surface area contributed by atoms with Gasteiger partial charge in [0, 0.05) is 18.3 Å². The molecule has 1 aliphatic rings. The molecular formula is C25H28N4O3. The smallest absolute Gasteiger partial charge is 0.408 e. The molecule has 0 unspecified atom stereocenters. The maximum Gasteiger partial charge on any atom is 0.408 e. The van der Waals surface area contributed by atoms with Gasteiger partial charge in [-0.25, -0.2) is 9.48 Å². The van der Waals surface area contributed by atoms with Crippen molar-refractivity contribution in [3.05, 3.63) is 66.9 Å². The molecule has 1 fully saturated rings. The SMILES string of the molecule is CC(C)(C)[C@@]1(C(=O)Nc2nn(-c3ccccc3)cc2-c2ccccc2)CCCN1C(=O)O. The first-order chi connectivity index (χ1) is 15.2. The monoisotopic (exact) mass is 432 g/mol. The third-order valence-corrected chi connectivity index (χ3v) is 6.28. The Morgan fingerprint density at radius 3 is 2.25 bits per heavy atom. The molecule has 32 heavy (non-hydrogen) atoms. The molecule has 2 amide bonds. The number of aromatic nitrogens is 2. The van der Waals surface area contributed by atoms with E-state index in [4.69, 9.17) is 0 Å². The number of hydrogen-bond donors (Lipinski definition) is 2. The summed E-state index contributed by atoms with van der Waals surface area (Å²) in [6.07, 6.45) is 1.91. The van der Waals surface area contributed by atoms with Crippen LogP contribution in [0.15, 0.2) is 66.9 Å². The Bertz CT molecular complexity index is 1120. The Morgan fingerprint density at radius 2 is 1.66 bits per heavy atom. The Kier molecular flexibility index (Phi) is 5.50. The van der Waals surface area contributed by atoms with Crippen LogP contribution in [0.1, 0.15) is 33.6 Å². The van der Waals surface area contributed by atoms with E-state index in [-0.39, 0.29) is 5.91 Å². The molecule has 1 aliphatic heterocycles. The third-order valence-electron chi connectivity index (χ3n) is 6.28. The van der Waals surface area contributed by atoms with Crippen molar-refractivity contribution in [1.29, 1.82) is 0 Å². The second kappa shape index (κ2) is 8.15. The average Bonchev–Trinajstić information content (AvgIpc) is 3.40. The highest BCUT2D eigenvalue weighted by Crippen LogP contribution is 2.45. The number of benzene rings is 2. The average molecular weight is 433 g/mol. The molecule has 0 spiro atoms. The zero-order valence-corrected chi connectivity index (χ0v) is 18.6. The number of carbonyl (C=O) groups excluding carboxylic acids is 1. The molecule has 0 saturated carbocycles. The molecule has 166 valence electrons. The Labute approximate surface area is 187 Å². The normalized spacial score (nSPS) is 18.5. The number of hydrogen-bond acceptors (Lipinski definition) is 3. The highest BCUT2D eigenvalue weighted by Gasteiger charge is 2.57. The Morgan fingerprint density at radius 1 is 1.03 bits per heavy atom. The molecule has 2 heterocycles. The van der Waals surface area contributed by atoms with Crippen LogP contribution < -0.4 is 5.32 Å². The summed E-state index contributed by atoms with van der Waals surface area (Å²) in [7, 11) is 0. The van der Waals surface area contributed by atoms with E-state index in [1.54, 1.807) is 4.68 Å². The zero-order valence-electron chi connectivity index (χ0n) is 18.6. The highest BCUT2D eigenvalue weighted by molar-refractivity contribution is 6.02. The molecule has 0 radical (unpaired) electrons. The molecule has 7 nitrogen and oxygen atoms in total. The lowest BCUT2D eigenvalue weighted by atomic mass is 9.71. The minimum atomic E-state index is -1.18.